The lowest BCUT2D eigenvalue weighted by molar-refractivity contribution is -0.119. The van der Waals surface area contributed by atoms with Crippen LogP contribution in [-0.4, -0.2) is 30.8 Å². The highest BCUT2D eigenvalue weighted by molar-refractivity contribution is 5.78. The molecule has 2 nitrogen and oxygen atoms in total. The van der Waals surface area contributed by atoms with E-state index in [2.05, 4.69) is 72.6 Å². The molecule has 0 aliphatic rings. The monoisotopic (exact) mass is 718 g/mol. The number of hydrogen-bond acceptors (Lipinski definition) is 2. The molecular formula is C49H99NO. The van der Waals surface area contributed by atoms with Gasteiger partial charge in [0.2, 0.25) is 0 Å². The van der Waals surface area contributed by atoms with E-state index >= 15 is 0 Å². The Morgan fingerprint density at radius 1 is 0.431 bits per heavy atom. The molecule has 0 aromatic rings. The summed E-state index contributed by atoms with van der Waals surface area (Å²) >= 11 is 0. The fourth-order valence-corrected chi connectivity index (χ4v) is 6.78. The fourth-order valence-electron chi connectivity index (χ4n) is 6.78. The highest BCUT2D eigenvalue weighted by Gasteiger charge is 2.04. The van der Waals surface area contributed by atoms with Gasteiger partial charge in [-0.15, -0.1) is 26.0 Å². The molecule has 0 aliphatic carbocycles. The summed E-state index contributed by atoms with van der Waals surface area (Å²) in [5.41, 5.74) is 0. The van der Waals surface area contributed by atoms with Crippen LogP contribution in [0.25, 0.3) is 0 Å². The topological polar surface area (TPSA) is 20.3 Å². The Kier molecular flexibility index (Phi) is 61.9. The molecule has 0 aliphatic heterocycles. The molecule has 0 aromatic carbocycles. The van der Waals surface area contributed by atoms with Crippen molar-refractivity contribution in [3.05, 3.63) is 13.2 Å². The third kappa shape index (κ3) is 58.5. The molecule has 0 atom stereocenters. The lowest BCUT2D eigenvalue weighted by Crippen LogP contribution is -2.20. The summed E-state index contributed by atoms with van der Waals surface area (Å²) in [6, 6.07) is 0. The van der Waals surface area contributed by atoms with Gasteiger partial charge >= 0.3 is 0 Å². The third-order valence-corrected chi connectivity index (χ3v) is 10.3. The molecule has 0 unspecified atom stereocenters. The quantitative estimate of drug-likeness (QED) is 0.0360. The zero-order valence-corrected chi connectivity index (χ0v) is 36.7. The fraction of sp³-hybridized carbons (Fsp3) is 0.898. The first kappa shape index (κ1) is 56.7. The van der Waals surface area contributed by atoms with E-state index in [1.807, 2.05) is 0 Å². The molecule has 0 saturated carbocycles. The minimum atomic E-state index is 0.509. The molecule has 0 bridgehead atoms. The maximum absolute atomic E-state index is 12.0. The Bertz CT molecular complexity index is 597. The Morgan fingerprint density at radius 2 is 0.667 bits per heavy atom. The van der Waals surface area contributed by atoms with E-state index in [1.165, 1.54) is 212 Å². The van der Waals surface area contributed by atoms with Crippen LogP contribution in [0.2, 0.25) is 0 Å². The molecule has 0 aromatic heterocycles. The summed E-state index contributed by atoms with van der Waals surface area (Å²) in [5, 5.41) is 0. The second kappa shape index (κ2) is 55.7. The van der Waals surface area contributed by atoms with Gasteiger partial charge in [-0.1, -0.05) is 221 Å². The maximum Gasteiger partial charge on any atom is 0.132 e. The molecule has 0 spiro atoms. The molecule has 306 valence electrons. The van der Waals surface area contributed by atoms with Crippen LogP contribution >= 0.6 is 0 Å². The zero-order valence-electron chi connectivity index (χ0n) is 36.7. The summed E-state index contributed by atoms with van der Waals surface area (Å²) in [7, 11) is 2.27. The van der Waals surface area contributed by atoms with E-state index in [4.69, 9.17) is 0 Å². The average Bonchev–Trinajstić information content (AvgIpc) is 3.15. The second-order valence-corrected chi connectivity index (χ2v) is 15.6. The normalized spacial score (nSPS) is 10.6. The number of Topliss-reactive ketones (excluding diaryl/α,β-unsaturated/α-hetero) is 1. The number of rotatable bonds is 38. The Labute approximate surface area is 326 Å². The molecule has 2 heteroatoms. The minimum Gasteiger partial charge on any atom is -0.306 e. The Balaban J connectivity index is -0.000000430. The summed E-state index contributed by atoms with van der Waals surface area (Å²) in [6.07, 6.45) is 55.2. The largest absolute Gasteiger partial charge is 0.306 e. The minimum absolute atomic E-state index is 0.509. The number of carbonyl (C=O) groups excluding carboxylic acids is 1. The molecule has 0 fully saturated rings. The van der Waals surface area contributed by atoms with Gasteiger partial charge in [0.05, 0.1) is 0 Å². The zero-order chi connectivity index (χ0) is 38.9. The highest BCUT2D eigenvalue weighted by Crippen LogP contribution is 2.18. The van der Waals surface area contributed by atoms with Gasteiger partial charge in [0.1, 0.15) is 5.78 Å². The van der Waals surface area contributed by atoms with Crippen molar-refractivity contribution in [2.24, 2.45) is 5.92 Å². The molecule has 0 rings (SSSR count). The standard InChI is InChI=1S/C27H55NO.C18H38.C2H4.C2H2/c1-4-6-8-10-12-13-15-19-23-27(29)24-20-16-14-18-22-26-28(3)25-21-17-11-9-7-5-2;1-4-6-8-10-12-14-16-18(3)17-15-13-11-9-7-5-2;2*1-2/h4-26H2,1-3H3;18H,4-17H2,1-3H3;1-2H2;1-2H. The third-order valence-electron chi connectivity index (χ3n) is 10.3. The first-order chi connectivity index (χ1) is 25.0. The van der Waals surface area contributed by atoms with Crippen LogP contribution in [0.4, 0.5) is 0 Å². The van der Waals surface area contributed by atoms with E-state index in [9.17, 15) is 4.79 Å². The lowest BCUT2D eigenvalue weighted by atomic mass is 9.96. The van der Waals surface area contributed by atoms with Gasteiger partial charge < -0.3 is 4.90 Å². The van der Waals surface area contributed by atoms with Crippen molar-refractivity contribution >= 4 is 5.78 Å². The van der Waals surface area contributed by atoms with Gasteiger partial charge in [0.15, 0.2) is 0 Å². The van der Waals surface area contributed by atoms with Crippen LogP contribution in [0.15, 0.2) is 13.2 Å². The smallest absolute Gasteiger partial charge is 0.132 e. The first-order valence-electron chi connectivity index (χ1n) is 23.0. The van der Waals surface area contributed by atoms with Crippen LogP contribution < -0.4 is 0 Å². The summed E-state index contributed by atoms with van der Waals surface area (Å²) < 4.78 is 0. The van der Waals surface area contributed by atoms with Crippen LogP contribution in [0.1, 0.15) is 259 Å². The van der Waals surface area contributed by atoms with Crippen molar-refractivity contribution in [1.82, 2.24) is 4.90 Å². The van der Waals surface area contributed by atoms with Crippen LogP contribution in [0.3, 0.4) is 0 Å². The van der Waals surface area contributed by atoms with Gasteiger partial charge in [-0.2, -0.15) is 0 Å². The van der Waals surface area contributed by atoms with Crippen molar-refractivity contribution in [1.29, 1.82) is 0 Å². The van der Waals surface area contributed by atoms with Crippen molar-refractivity contribution in [2.45, 2.75) is 259 Å². The Hall–Kier alpha value is -1.07. The summed E-state index contributed by atoms with van der Waals surface area (Å²) in [6.45, 7) is 20.1. The summed E-state index contributed by atoms with van der Waals surface area (Å²) in [4.78, 5) is 14.5. The van der Waals surface area contributed by atoms with Gasteiger partial charge in [-0.25, -0.2) is 0 Å². The van der Waals surface area contributed by atoms with E-state index in [0.717, 1.165) is 31.6 Å². The molecule has 0 radical (unpaired) electrons. The average molecular weight is 718 g/mol. The predicted octanol–water partition coefficient (Wildman–Crippen LogP) is 16.9. The molecule has 0 amide bonds. The van der Waals surface area contributed by atoms with Crippen molar-refractivity contribution < 1.29 is 4.79 Å². The number of unbranched alkanes of at least 4 members (excludes halogenated alkanes) is 26. The number of terminal acetylenes is 1. The predicted molar refractivity (Wildman–Crippen MR) is 237 cm³/mol. The first-order valence-corrected chi connectivity index (χ1v) is 23.0. The molecular weight excluding hydrogens is 619 g/mol. The number of nitrogens with zero attached hydrogens (tertiary/aromatic N) is 1. The van der Waals surface area contributed by atoms with E-state index in [0.29, 0.717) is 5.78 Å². The molecule has 0 saturated heterocycles. The lowest BCUT2D eigenvalue weighted by Gasteiger charge is -2.16. The van der Waals surface area contributed by atoms with Crippen molar-refractivity contribution in [3.8, 4) is 12.8 Å². The van der Waals surface area contributed by atoms with Crippen molar-refractivity contribution in [2.75, 3.05) is 20.1 Å². The van der Waals surface area contributed by atoms with Gasteiger partial charge in [0, 0.05) is 12.8 Å². The van der Waals surface area contributed by atoms with Gasteiger partial charge in [-0.05, 0) is 51.7 Å². The van der Waals surface area contributed by atoms with E-state index < -0.39 is 0 Å². The SMILES string of the molecule is C#C.C=C.CCCCCCCCC(C)CCCCCCCC.CCCCCCCCCCC(=O)CCCCCCCN(C)CCCCCCCC. The number of ketones is 1. The van der Waals surface area contributed by atoms with E-state index in [-0.39, 0.29) is 0 Å². The van der Waals surface area contributed by atoms with Crippen LogP contribution in [-0.2, 0) is 4.79 Å². The van der Waals surface area contributed by atoms with Gasteiger partial charge in [-0.3, -0.25) is 4.79 Å². The second-order valence-electron chi connectivity index (χ2n) is 15.6. The molecule has 0 N–H and O–H groups in total. The van der Waals surface area contributed by atoms with Crippen LogP contribution in [0, 0.1) is 18.8 Å². The summed E-state index contributed by atoms with van der Waals surface area (Å²) in [5.74, 6) is 1.48. The van der Waals surface area contributed by atoms with Crippen molar-refractivity contribution in [3.63, 3.8) is 0 Å². The van der Waals surface area contributed by atoms with Gasteiger partial charge in [0.25, 0.3) is 0 Å². The highest BCUT2D eigenvalue weighted by atomic mass is 16.1. The number of carbonyl (C=O) groups is 1. The maximum atomic E-state index is 12.0. The van der Waals surface area contributed by atoms with E-state index in [1.54, 1.807) is 0 Å². The van der Waals surface area contributed by atoms with Crippen LogP contribution in [0.5, 0.6) is 0 Å². The molecule has 51 heavy (non-hydrogen) atoms. The number of hydrogen-bond donors (Lipinski definition) is 0. The Morgan fingerprint density at radius 3 is 0.961 bits per heavy atom. The molecule has 0 heterocycles.